The summed E-state index contributed by atoms with van der Waals surface area (Å²) >= 11 is 0. The number of rotatable bonds is 4. The predicted molar refractivity (Wildman–Crippen MR) is 74.1 cm³/mol. The van der Waals surface area contributed by atoms with Crippen LogP contribution in [0.2, 0.25) is 0 Å². The Labute approximate surface area is 112 Å². The van der Waals surface area contributed by atoms with Crippen LogP contribution in [0.3, 0.4) is 0 Å². The maximum Gasteiger partial charge on any atom is 0.279 e. The fourth-order valence-corrected chi connectivity index (χ4v) is 2.64. The quantitative estimate of drug-likeness (QED) is 0.889. The zero-order valence-corrected chi connectivity index (χ0v) is 11.3. The summed E-state index contributed by atoms with van der Waals surface area (Å²) in [5, 5.41) is -0.0204. The minimum absolute atomic E-state index is 0.0204. The molecule has 0 saturated carbocycles. The van der Waals surface area contributed by atoms with E-state index in [-0.39, 0.29) is 5.03 Å². The molecule has 0 aliphatic rings. The van der Waals surface area contributed by atoms with Gasteiger partial charge < -0.3 is 5.73 Å². The lowest BCUT2D eigenvalue weighted by Crippen LogP contribution is -2.15. The van der Waals surface area contributed by atoms with Crippen LogP contribution in [-0.4, -0.2) is 13.4 Å². The van der Waals surface area contributed by atoms with E-state index in [1.54, 1.807) is 18.2 Å². The van der Waals surface area contributed by atoms with Crippen LogP contribution < -0.4 is 10.5 Å². The lowest BCUT2D eigenvalue weighted by molar-refractivity contribution is 0.597. The van der Waals surface area contributed by atoms with Crippen molar-refractivity contribution in [3.8, 4) is 0 Å². The lowest BCUT2D eigenvalue weighted by Gasteiger charge is -2.09. The minimum atomic E-state index is -3.66. The van der Waals surface area contributed by atoms with E-state index in [0.29, 0.717) is 12.2 Å². The number of hydrogen-bond acceptors (Lipinski definition) is 4. The largest absolute Gasteiger partial charge is 0.326 e. The zero-order chi connectivity index (χ0) is 13.9. The van der Waals surface area contributed by atoms with Crippen molar-refractivity contribution in [1.29, 1.82) is 0 Å². The first-order valence-corrected chi connectivity index (χ1v) is 7.25. The van der Waals surface area contributed by atoms with E-state index < -0.39 is 10.0 Å². The number of para-hydroxylation sites is 1. The number of sulfonamides is 1. The predicted octanol–water partition coefficient (Wildman–Crippen LogP) is 1.65. The molecule has 5 nitrogen and oxygen atoms in total. The van der Waals surface area contributed by atoms with Crippen molar-refractivity contribution >= 4 is 15.7 Å². The third-order valence-electron chi connectivity index (χ3n) is 2.70. The number of hydrogen-bond donors (Lipinski definition) is 2. The van der Waals surface area contributed by atoms with Gasteiger partial charge in [0.15, 0.2) is 5.03 Å². The summed E-state index contributed by atoms with van der Waals surface area (Å²) in [6.45, 7) is 2.17. The maximum atomic E-state index is 12.1. The zero-order valence-electron chi connectivity index (χ0n) is 10.5. The highest BCUT2D eigenvalue weighted by Gasteiger charge is 2.16. The molecule has 6 heteroatoms. The highest BCUT2D eigenvalue weighted by atomic mass is 32.2. The Morgan fingerprint density at radius 1 is 1.21 bits per heavy atom. The Bertz CT molecular complexity index is 667. The maximum absolute atomic E-state index is 12.1. The van der Waals surface area contributed by atoms with Crippen molar-refractivity contribution in [2.45, 2.75) is 18.5 Å². The molecule has 19 heavy (non-hydrogen) atoms. The molecule has 0 amide bonds. The first-order valence-electron chi connectivity index (χ1n) is 5.76. The van der Waals surface area contributed by atoms with Crippen LogP contribution >= 0.6 is 0 Å². The van der Waals surface area contributed by atoms with Crippen LogP contribution in [-0.2, 0) is 16.6 Å². The van der Waals surface area contributed by atoms with Crippen molar-refractivity contribution in [1.82, 2.24) is 4.98 Å². The molecule has 0 radical (unpaired) electrons. The molecule has 0 aliphatic heterocycles. The van der Waals surface area contributed by atoms with Crippen LogP contribution in [0.4, 0.5) is 5.69 Å². The van der Waals surface area contributed by atoms with E-state index in [1.807, 2.05) is 19.1 Å². The molecule has 0 bridgehead atoms. The molecule has 1 heterocycles. The van der Waals surface area contributed by atoms with Crippen LogP contribution in [0.1, 0.15) is 11.1 Å². The first-order chi connectivity index (χ1) is 9.03. The molecule has 100 valence electrons. The first kappa shape index (κ1) is 13.5. The van der Waals surface area contributed by atoms with Gasteiger partial charge in [0.2, 0.25) is 0 Å². The van der Waals surface area contributed by atoms with Gasteiger partial charge in [0.25, 0.3) is 10.0 Å². The summed E-state index contributed by atoms with van der Waals surface area (Å²) in [7, 11) is -3.66. The van der Waals surface area contributed by atoms with Gasteiger partial charge in [-0.2, -0.15) is 8.42 Å². The number of nitrogens with one attached hydrogen (secondary N) is 1. The fourth-order valence-electron chi connectivity index (χ4n) is 1.58. The van der Waals surface area contributed by atoms with Gasteiger partial charge in [0, 0.05) is 12.7 Å². The molecule has 0 spiro atoms. The monoisotopic (exact) mass is 277 g/mol. The fraction of sp³-hybridized carbons (Fsp3) is 0.154. The second kappa shape index (κ2) is 5.38. The van der Waals surface area contributed by atoms with Gasteiger partial charge in [-0.25, -0.2) is 4.98 Å². The molecular formula is C13H15N3O2S. The van der Waals surface area contributed by atoms with Crippen LogP contribution in [0.5, 0.6) is 0 Å². The van der Waals surface area contributed by atoms with Crippen LogP contribution in [0, 0.1) is 6.92 Å². The molecule has 0 aliphatic carbocycles. The number of anilines is 1. The van der Waals surface area contributed by atoms with E-state index >= 15 is 0 Å². The minimum Gasteiger partial charge on any atom is -0.326 e. The Hall–Kier alpha value is -1.92. The normalized spacial score (nSPS) is 11.3. The second-order valence-electron chi connectivity index (χ2n) is 4.13. The van der Waals surface area contributed by atoms with Gasteiger partial charge in [-0.3, -0.25) is 4.72 Å². The van der Waals surface area contributed by atoms with Crippen LogP contribution in [0.15, 0.2) is 47.6 Å². The number of aromatic nitrogens is 1. The van der Waals surface area contributed by atoms with Gasteiger partial charge in [-0.1, -0.05) is 24.3 Å². The van der Waals surface area contributed by atoms with E-state index in [0.717, 1.165) is 11.1 Å². The van der Waals surface area contributed by atoms with E-state index in [9.17, 15) is 8.42 Å². The number of aryl methyl sites for hydroxylation is 1. The Kier molecular flexibility index (Phi) is 3.82. The Morgan fingerprint density at radius 3 is 2.53 bits per heavy atom. The van der Waals surface area contributed by atoms with Crippen molar-refractivity contribution < 1.29 is 8.42 Å². The van der Waals surface area contributed by atoms with E-state index in [4.69, 9.17) is 5.73 Å². The summed E-state index contributed by atoms with van der Waals surface area (Å²) in [5.41, 5.74) is 7.63. The second-order valence-corrected chi connectivity index (χ2v) is 5.76. The third-order valence-corrected chi connectivity index (χ3v) is 3.98. The summed E-state index contributed by atoms with van der Waals surface area (Å²) in [5.74, 6) is 0. The average molecular weight is 277 g/mol. The van der Waals surface area contributed by atoms with Gasteiger partial charge in [0.05, 0.1) is 5.69 Å². The Morgan fingerprint density at radius 2 is 1.95 bits per heavy atom. The van der Waals surface area contributed by atoms with Gasteiger partial charge in [0.1, 0.15) is 0 Å². The summed E-state index contributed by atoms with van der Waals surface area (Å²) in [4.78, 5) is 3.92. The molecule has 1 aromatic heterocycles. The summed E-state index contributed by atoms with van der Waals surface area (Å²) in [6, 6.07) is 10.3. The van der Waals surface area contributed by atoms with Crippen molar-refractivity contribution in [2.24, 2.45) is 5.73 Å². The number of nitrogens with two attached hydrogens (primary N) is 1. The average Bonchev–Trinajstić information content (AvgIpc) is 2.41. The van der Waals surface area contributed by atoms with Gasteiger partial charge in [-0.05, 0) is 30.2 Å². The third kappa shape index (κ3) is 3.10. The van der Waals surface area contributed by atoms with E-state index in [1.165, 1.54) is 12.3 Å². The molecule has 3 N–H and O–H groups in total. The van der Waals surface area contributed by atoms with E-state index in [2.05, 4.69) is 9.71 Å². The molecule has 0 atom stereocenters. The summed E-state index contributed by atoms with van der Waals surface area (Å²) < 4.78 is 26.8. The SMILES string of the molecule is Cc1ccccc1NS(=O)(=O)c1ccc(CN)cn1. The Balaban J connectivity index is 2.30. The number of benzene rings is 1. The molecule has 1 aromatic carbocycles. The number of pyridine rings is 1. The van der Waals surface area contributed by atoms with Gasteiger partial charge >= 0.3 is 0 Å². The van der Waals surface area contributed by atoms with Crippen molar-refractivity contribution in [2.75, 3.05) is 4.72 Å². The highest BCUT2D eigenvalue weighted by molar-refractivity contribution is 7.92. The lowest BCUT2D eigenvalue weighted by atomic mass is 10.2. The smallest absolute Gasteiger partial charge is 0.279 e. The molecule has 0 unspecified atom stereocenters. The molecule has 0 fully saturated rings. The van der Waals surface area contributed by atoms with Crippen LogP contribution in [0.25, 0.3) is 0 Å². The van der Waals surface area contributed by atoms with Crippen molar-refractivity contribution in [3.05, 3.63) is 53.7 Å². The molecule has 2 aromatic rings. The van der Waals surface area contributed by atoms with Gasteiger partial charge in [-0.15, -0.1) is 0 Å². The molecule has 0 saturated heterocycles. The molecule has 2 rings (SSSR count). The standard InChI is InChI=1S/C13H15N3O2S/c1-10-4-2-3-5-12(10)16-19(17,18)13-7-6-11(8-14)9-15-13/h2-7,9,16H,8,14H2,1H3. The summed E-state index contributed by atoms with van der Waals surface area (Å²) in [6.07, 6.45) is 1.46. The molecular weight excluding hydrogens is 262 g/mol. The highest BCUT2D eigenvalue weighted by Crippen LogP contribution is 2.18. The number of nitrogens with zero attached hydrogens (tertiary/aromatic N) is 1. The van der Waals surface area contributed by atoms with Crippen molar-refractivity contribution in [3.63, 3.8) is 0 Å². The topological polar surface area (TPSA) is 85.1 Å².